The summed E-state index contributed by atoms with van der Waals surface area (Å²) in [6.45, 7) is 2.33. The summed E-state index contributed by atoms with van der Waals surface area (Å²) in [6, 6.07) is 47.8. The Labute approximate surface area is 380 Å². The lowest BCUT2D eigenvalue weighted by Crippen LogP contribution is -2.65. The first kappa shape index (κ1) is 47.6. The van der Waals surface area contributed by atoms with Gasteiger partial charge in [0.05, 0.1) is 52.2 Å². The SMILES string of the molecule is CNC(=O)CCC(=O)O[C@@H]1C(C)O[C@@H](O[C@@H]2C(OCc3ccccc3)C(OCc3ccccc3)[C@@H](F)O[C@H]2COCc2ccccc2)C(OCc2ccccc2)[C@@H]1OCc1ccccc1. The summed E-state index contributed by atoms with van der Waals surface area (Å²) in [7, 11) is 1.51. The number of alkyl halides is 1. The van der Waals surface area contributed by atoms with Crippen LogP contribution in [0.5, 0.6) is 0 Å². The van der Waals surface area contributed by atoms with E-state index in [4.69, 9.17) is 42.6 Å². The van der Waals surface area contributed by atoms with E-state index in [0.717, 1.165) is 27.8 Å². The zero-order valence-corrected chi connectivity index (χ0v) is 36.7. The third-order valence-corrected chi connectivity index (χ3v) is 11.2. The highest BCUT2D eigenvalue weighted by molar-refractivity contribution is 5.81. The molecule has 0 aromatic heterocycles. The summed E-state index contributed by atoms with van der Waals surface area (Å²) in [5.41, 5.74) is 4.34. The molecule has 5 aromatic carbocycles. The highest BCUT2D eigenvalue weighted by atomic mass is 19.1. The number of halogens is 1. The van der Waals surface area contributed by atoms with E-state index in [1.807, 2.05) is 152 Å². The molecular formula is C52H58FNO11. The van der Waals surface area contributed by atoms with E-state index < -0.39 is 67.4 Å². The second-order valence-corrected chi connectivity index (χ2v) is 16.0. The van der Waals surface area contributed by atoms with Gasteiger partial charge in [0.15, 0.2) is 12.4 Å². The lowest BCUT2D eigenvalue weighted by Gasteiger charge is -2.49. The molecule has 12 nitrogen and oxygen atoms in total. The van der Waals surface area contributed by atoms with Gasteiger partial charge in [-0.25, -0.2) is 4.39 Å². The molecule has 2 aliphatic rings. The van der Waals surface area contributed by atoms with Gasteiger partial charge < -0.3 is 47.9 Å². The van der Waals surface area contributed by atoms with Crippen molar-refractivity contribution in [3.05, 3.63) is 179 Å². The van der Waals surface area contributed by atoms with E-state index in [-0.39, 0.29) is 58.4 Å². The molecule has 0 aliphatic carbocycles. The van der Waals surface area contributed by atoms with Gasteiger partial charge in [-0.15, -0.1) is 0 Å². The summed E-state index contributed by atoms with van der Waals surface area (Å²) in [5.74, 6) is -0.909. The van der Waals surface area contributed by atoms with Gasteiger partial charge in [-0.05, 0) is 34.7 Å². The minimum atomic E-state index is -1.93. The van der Waals surface area contributed by atoms with E-state index in [0.29, 0.717) is 0 Å². The van der Waals surface area contributed by atoms with E-state index in [9.17, 15) is 9.59 Å². The maximum atomic E-state index is 16.7. The summed E-state index contributed by atoms with van der Waals surface area (Å²) >= 11 is 0. The summed E-state index contributed by atoms with van der Waals surface area (Å²) in [5, 5.41) is 2.54. The van der Waals surface area contributed by atoms with Crippen molar-refractivity contribution in [3.63, 3.8) is 0 Å². The van der Waals surface area contributed by atoms with Crippen LogP contribution in [0.4, 0.5) is 4.39 Å². The van der Waals surface area contributed by atoms with Crippen molar-refractivity contribution in [2.24, 2.45) is 0 Å². The monoisotopic (exact) mass is 891 g/mol. The molecule has 2 fully saturated rings. The predicted octanol–water partition coefficient (Wildman–Crippen LogP) is 7.81. The Kier molecular flexibility index (Phi) is 18.2. The molecule has 65 heavy (non-hydrogen) atoms. The van der Waals surface area contributed by atoms with Gasteiger partial charge in [0, 0.05) is 13.5 Å². The van der Waals surface area contributed by atoms with Gasteiger partial charge in [-0.1, -0.05) is 152 Å². The van der Waals surface area contributed by atoms with Crippen molar-refractivity contribution < 1.29 is 56.6 Å². The van der Waals surface area contributed by atoms with E-state index in [1.165, 1.54) is 7.05 Å². The molecule has 2 aliphatic heterocycles. The van der Waals surface area contributed by atoms with E-state index in [2.05, 4.69) is 5.32 Å². The minimum Gasteiger partial charge on any atom is -0.457 e. The third-order valence-electron chi connectivity index (χ3n) is 11.2. The number of esters is 1. The van der Waals surface area contributed by atoms with Crippen LogP contribution in [-0.2, 0) is 85.3 Å². The Balaban J connectivity index is 1.24. The van der Waals surface area contributed by atoms with Crippen LogP contribution in [0.25, 0.3) is 0 Å². The van der Waals surface area contributed by atoms with Gasteiger partial charge in [0.25, 0.3) is 0 Å². The second-order valence-electron chi connectivity index (χ2n) is 16.0. The maximum Gasteiger partial charge on any atom is 0.306 e. The first-order valence-corrected chi connectivity index (χ1v) is 22.1. The average Bonchev–Trinajstić information content (AvgIpc) is 3.34. The van der Waals surface area contributed by atoms with Crippen molar-refractivity contribution in [1.29, 1.82) is 0 Å². The van der Waals surface area contributed by atoms with Crippen LogP contribution in [0.2, 0.25) is 0 Å². The molecule has 0 saturated carbocycles. The van der Waals surface area contributed by atoms with Gasteiger partial charge >= 0.3 is 5.97 Å². The van der Waals surface area contributed by atoms with Gasteiger partial charge in [0.1, 0.15) is 36.6 Å². The summed E-state index contributed by atoms with van der Waals surface area (Å²) in [6.07, 6.45) is -11.6. The van der Waals surface area contributed by atoms with Crippen LogP contribution in [0.3, 0.4) is 0 Å². The predicted molar refractivity (Wildman–Crippen MR) is 238 cm³/mol. The number of amides is 1. The molecule has 13 heteroatoms. The molecule has 0 bridgehead atoms. The van der Waals surface area contributed by atoms with Crippen molar-refractivity contribution in [2.75, 3.05) is 13.7 Å². The van der Waals surface area contributed by atoms with Crippen LogP contribution in [-0.4, -0.2) is 87.0 Å². The minimum absolute atomic E-state index is 0.0602. The number of hydrogen-bond acceptors (Lipinski definition) is 11. The molecule has 0 radical (unpaired) electrons. The fourth-order valence-corrected chi connectivity index (χ4v) is 7.78. The zero-order valence-electron chi connectivity index (χ0n) is 36.7. The molecule has 0 spiro atoms. The molecule has 344 valence electrons. The molecule has 1 N–H and O–H groups in total. The Hall–Kier alpha value is -5.35. The number of rotatable bonds is 22. The number of carbonyl (C=O) groups excluding carboxylic acids is 2. The van der Waals surface area contributed by atoms with Crippen LogP contribution < -0.4 is 5.32 Å². The number of nitrogens with one attached hydrogen (secondary N) is 1. The van der Waals surface area contributed by atoms with Crippen molar-refractivity contribution >= 4 is 11.9 Å². The van der Waals surface area contributed by atoms with Gasteiger partial charge in [-0.3, -0.25) is 9.59 Å². The molecule has 2 heterocycles. The Morgan fingerprint density at radius 1 is 0.523 bits per heavy atom. The van der Waals surface area contributed by atoms with Crippen molar-refractivity contribution in [2.45, 2.75) is 114 Å². The lowest BCUT2D eigenvalue weighted by molar-refractivity contribution is -0.362. The summed E-state index contributed by atoms with van der Waals surface area (Å²) in [4.78, 5) is 25.5. The van der Waals surface area contributed by atoms with Gasteiger partial charge in [0.2, 0.25) is 12.3 Å². The molecular weight excluding hydrogens is 834 g/mol. The number of carbonyl (C=O) groups is 2. The molecule has 2 saturated heterocycles. The Morgan fingerprint density at radius 3 is 1.40 bits per heavy atom. The topological polar surface area (TPSA) is 129 Å². The van der Waals surface area contributed by atoms with Crippen molar-refractivity contribution in [3.8, 4) is 0 Å². The summed E-state index contributed by atoms with van der Waals surface area (Å²) < 4.78 is 75.4. The normalized spacial score (nSPS) is 25.4. The van der Waals surface area contributed by atoms with E-state index in [1.54, 1.807) is 6.92 Å². The first-order valence-electron chi connectivity index (χ1n) is 22.1. The second kappa shape index (κ2) is 24.8. The fourth-order valence-electron chi connectivity index (χ4n) is 7.78. The molecule has 4 unspecified atom stereocenters. The molecule has 1 amide bonds. The highest BCUT2D eigenvalue weighted by Gasteiger charge is 2.54. The Morgan fingerprint density at radius 2 is 0.938 bits per heavy atom. The van der Waals surface area contributed by atoms with Crippen LogP contribution in [0, 0.1) is 0 Å². The largest absolute Gasteiger partial charge is 0.457 e. The molecule has 5 aromatic rings. The smallest absolute Gasteiger partial charge is 0.306 e. The first-order chi connectivity index (χ1) is 31.8. The quantitative estimate of drug-likeness (QED) is 0.0684. The van der Waals surface area contributed by atoms with Crippen LogP contribution >= 0.6 is 0 Å². The van der Waals surface area contributed by atoms with Crippen LogP contribution in [0.1, 0.15) is 47.6 Å². The number of hydrogen-bond donors (Lipinski definition) is 1. The van der Waals surface area contributed by atoms with E-state index >= 15 is 4.39 Å². The van der Waals surface area contributed by atoms with Crippen LogP contribution in [0.15, 0.2) is 152 Å². The van der Waals surface area contributed by atoms with Crippen molar-refractivity contribution in [1.82, 2.24) is 5.32 Å². The number of benzene rings is 5. The lowest BCUT2D eigenvalue weighted by atomic mass is 9.96. The maximum absolute atomic E-state index is 16.7. The molecule has 10 atom stereocenters. The standard InChI is InChI=1S/C52H58FNO11/c1-36-45(64-44(56)29-28-43(55)54-2)47(58-31-38-20-10-4-11-21-38)50(61-34-41-26-16-7-17-27-41)52(62-36)65-46-42(35-57-30-37-18-8-3-9-19-37)63-51(53)49(60-33-40-24-14-6-15-25-40)48(46)59-32-39-22-12-5-13-23-39/h3-27,36,42,45-52H,28-35H2,1-2H3,(H,54,55)/t36?,42-,45+,46-,47+,48?,49?,50?,51-,52-/m0/s1. The third kappa shape index (κ3) is 14.1. The Bertz CT molecular complexity index is 2140. The number of ether oxygens (including phenoxy) is 9. The van der Waals surface area contributed by atoms with Gasteiger partial charge in [-0.2, -0.15) is 0 Å². The average molecular weight is 892 g/mol. The molecule has 7 rings (SSSR count). The highest BCUT2D eigenvalue weighted by Crippen LogP contribution is 2.36. The fraction of sp³-hybridized carbons (Fsp3) is 0.385. The zero-order chi connectivity index (χ0) is 45.2.